The number of Topliss-reactive ketones (excluding diaryl/α,β-unsaturated/α-hetero) is 1. The number of carbonyl (C=O) groups excluding carboxylic acids is 2. The number of ketones is 1. The van der Waals surface area contributed by atoms with Crippen molar-refractivity contribution in [3.8, 4) is 0 Å². The predicted molar refractivity (Wildman–Crippen MR) is 74.1 cm³/mol. The van der Waals surface area contributed by atoms with E-state index in [2.05, 4.69) is 0 Å². The summed E-state index contributed by atoms with van der Waals surface area (Å²) in [6.07, 6.45) is 9.50. The Bertz CT molecular complexity index is 567. The summed E-state index contributed by atoms with van der Waals surface area (Å²) in [5.74, 6) is -0.0747. The molecule has 1 aliphatic heterocycles. The van der Waals surface area contributed by atoms with Gasteiger partial charge in [-0.25, -0.2) is 0 Å². The Morgan fingerprint density at radius 1 is 0.750 bits per heavy atom. The first kappa shape index (κ1) is 12.4. The van der Waals surface area contributed by atoms with Crippen LogP contribution in [0.2, 0.25) is 0 Å². The van der Waals surface area contributed by atoms with Crippen molar-refractivity contribution in [1.82, 2.24) is 0 Å². The molecule has 0 aromatic heterocycles. The fourth-order valence-corrected chi connectivity index (χ4v) is 4.50. The van der Waals surface area contributed by atoms with Gasteiger partial charge in [-0.05, 0) is 68.1 Å². The quantitative estimate of drug-likeness (QED) is 0.635. The number of ether oxygens (including phenoxy) is 1. The molecule has 4 rings (SSSR count). The Balaban J connectivity index is 1.90. The lowest BCUT2D eigenvalue weighted by molar-refractivity contribution is -0.153. The number of allylic oxidation sites excluding steroid dienone is 2. The molecule has 4 aliphatic rings. The largest absolute Gasteiger partial charge is 0.446 e. The first-order valence-corrected chi connectivity index (χ1v) is 7.94. The van der Waals surface area contributed by atoms with Gasteiger partial charge >= 0.3 is 5.97 Å². The van der Waals surface area contributed by atoms with Crippen LogP contribution in [-0.2, 0) is 14.3 Å². The summed E-state index contributed by atoms with van der Waals surface area (Å²) in [6.45, 7) is 0. The summed E-state index contributed by atoms with van der Waals surface area (Å²) in [5, 5.41) is 0. The number of hydrogen-bond acceptors (Lipinski definition) is 3. The van der Waals surface area contributed by atoms with Crippen LogP contribution < -0.4 is 0 Å². The van der Waals surface area contributed by atoms with Gasteiger partial charge in [0.15, 0.2) is 5.60 Å². The first-order chi connectivity index (χ1) is 9.72. The van der Waals surface area contributed by atoms with Crippen molar-refractivity contribution in [2.24, 2.45) is 0 Å². The molecule has 0 aromatic carbocycles. The van der Waals surface area contributed by atoms with Crippen LogP contribution >= 0.6 is 0 Å². The second-order valence-corrected chi connectivity index (χ2v) is 6.46. The zero-order valence-electron chi connectivity index (χ0n) is 11.8. The van der Waals surface area contributed by atoms with Crippen LogP contribution in [0.5, 0.6) is 0 Å². The van der Waals surface area contributed by atoms with Crippen molar-refractivity contribution in [1.29, 1.82) is 0 Å². The fourth-order valence-electron chi connectivity index (χ4n) is 4.50. The van der Waals surface area contributed by atoms with Gasteiger partial charge in [-0.3, -0.25) is 9.59 Å². The van der Waals surface area contributed by atoms with E-state index in [4.69, 9.17) is 4.74 Å². The molecule has 3 heteroatoms. The van der Waals surface area contributed by atoms with Crippen LogP contribution in [0.1, 0.15) is 64.2 Å². The topological polar surface area (TPSA) is 43.4 Å². The summed E-state index contributed by atoms with van der Waals surface area (Å²) < 4.78 is 5.64. The van der Waals surface area contributed by atoms with E-state index in [-0.39, 0.29) is 11.8 Å². The molecule has 1 saturated heterocycles. The number of esters is 1. The van der Waals surface area contributed by atoms with Gasteiger partial charge in [-0.15, -0.1) is 0 Å². The lowest BCUT2D eigenvalue weighted by Gasteiger charge is -2.41. The normalized spacial score (nSPS) is 33.4. The van der Waals surface area contributed by atoms with E-state index in [1.807, 2.05) is 0 Å². The lowest BCUT2D eigenvalue weighted by Crippen LogP contribution is -2.46. The van der Waals surface area contributed by atoms with E-state index in [0.29, 0.717) is 12.8 Å². The average Bonchev–Trinajstić information content (AvgIpc) is 2.88. The monoisotopic (exact) mass is 272 g/mol. The minimum atomic E-state index is -0.886. The van der Waals surface area contributed by atoms with Crippen LogP contribution in [0.4, 0.5) is 0 Å². The molecule has 1 fully saturated rings. The molecule has 0 bridgehead atoms. The van der Waals surface area contributed by atoms with Crippen molar-refractivity contribution in [3.63, 3.8) is 0 Å². The highest BCUT2D eigenvalue weighted by molar-refractivity contribution is 6.09. The van der Waals surface area contributed by atoms with Gasteiger partial charge in [0.2, 0.25) is 5.78 Å². The highest BCUT2D eigenvalue weighted by Gasteiger charge is 2.54. The number of hydrogen-bond donors (Lipinski definition) is 0. The molecule has 3 aliphatic carbocycles. The second kappa shape index (κ2) is 4.31. The molecule has 0 radical (unpaired) electrons. The van der Waals surface area contributed by atoms with Gasteiger partial charge in [-0.2, -0.15) is 0 Å². The SMILES string of the molecule is O=C1CC[C@@]2(O1)C(=O)C1=C(CCCC1)C1=C2CCCC1. The smallest absolute Gasteiger partial charge is 0.307 e. The van der Waals surface area contributed by atoms with E-state index in [9.17, 15) is 9.59 Å². The molecule has 0 N–H and O–H groups in total. The molecular formula is C17H20O3. The van der Waals surface area contributed by atoms with Gasteiger partial charge in [-0.1, -0.05) is 0 Å². The van der Waals surface area contributed by atoms with Crippen LogP contribution in [-0.4, -0.2) is 17.4 Å². The zero-order valence-corrected chi connectivity index (χ0v) is 11.8. The number of rotatable bonds is 0. The molecule has 1 heterocycles. The maximum Gasteiger partial charge on any atom is 0.307 e. The van der Waals surface area contributed by atoms with Crippen molar-refractivity contribution in [2.75, 3.05) is 0 Å². The average molecular weight is 272 g/mol. The van der Waals surface area contributed by atoms with Crippen molar-refractivity contribution < 1.29 is 14.3 Å². The molecular weight excluding hydrogens is 252 g/mol. The minimum absolute atomic E-state index is 0.124. The minimum Gasteiger partial charge on any atom is -0.446 e. The summed E-state index contributed by atoms with van der Waals surface area (Å²) in [7, 11) is 0. The second-order valence-electron chi connectivity index (χ2n) is 6.46. The fraction of sp³-hybridized carbons (Fsp3) is 0.647. The maximum absolute atomic E-state index is 13.0. The Labute approximate surface area is 119 Å². The Morgan fingerprint density at radius 3 is 2.10 bits per heavy atom. The Hall–Kier alpha value is -1.38. The van der Waals surface area contributed by atoms with Crippen molar-refractivity contribution in [3.05, 3.63) is 22.3 Å². The van der Waals surface area contributed by atoms with Gasteiger partial charge in [0.1, 0.15) is 0 Å². The predicted octanol–water partition coefficient (Wildman–Crippen LogP) is 3.39. The summed E-state index contributed by atoms with van der Waals surface area (Å²) in [5.41, 5.74) is 3.99. The molecule has 0 unspecified atom stereocenters. The highest BCUT2D eigenvalue weighted by Crippen LogP contribution is 2.51. The van der Waals surface area contributed by atoms with Gasteiger partial charge in [0, 0.05) is 12.0 Å². The first-order valence-electron chi connectivity index (χ1n) is 7.94. The summed E-state index contributed by atoms with van der Waals surface area (Å²) in [6, 6.07) is 0. The van der Waals surface area contributed by atoms with E-state index in [1.165, 1.54) is 29.6 Å². The maximum atomic E-state index is 13.0. The van der Waals surface area contributed by atoms with Crippen molar-refractivity contribution >= 4 is 11.8 Å². The zero-order chi connectivity index (χ0) is 13.7. The molecule has 0 aromatic rings. The molecule has 1 spiro atoms. The van der Waals surface area contributed by atoms with Crippen LogP contribution in [0.3, 0.4) is 0 Å². The molecule has 0 saturated carbocycles. The molecule has 106 valence electrons. The number of fused-ring (bicyclic) bond motifs is 2. The van der Waals surface area contributed by atoms with Crippen molar-refractivity contribution in [2.45, 2.75) is 69.8 Å². The number of carbonyl (C=O) groups is 2. The van der Waals surface area contributed by atoms with E-state index < -0.39 is 5.60 Å². The summed E-state index contributed by atoms with van der Waals surface area (Å²) >= 11 is 0. The molecule has 0 amide bonds. The van der Waals surface area contributed by atoms with Gasteiger partial charge in [0.05, 0.1) is 6.42 Å². The van der Waals surface area contributed by atoms with Gasteiger partial charge in [0.25, 0.3) is 0 Å². The Morgan fingerprint density at radius 2 is 1.40 bits per heavy atom. The van der Waals surface area contributed by atoms with Gasteiger partial charge < -0.3 is 4.74 Å². The highest BCUT2D eigenvalue weighted by atomic mass is 16.6. The third-order valence-electron chi connectivity index (χ3n) is 5.40. The van der Waals surface area contributed by atoms with E-state index in [1.54, 1.807) is 0 Å². The van der Waals surface area contributed by atoms with Crippen LogP contribution in [0, 0.1) is 0 Å². The lowest BCUT2D eigenvalue weighted by atomic mass is 9.66. The molecule has 3 nitrogen and oxygen atoms in total. The Kier molecular flexibility index (Phi) is 2.66. The standard InChI is InChI=1S/C17H20O3/c18-15-9-10-17(20-15)14-8-4-3-6-12(14)11-5-1-2-7-13(11)16(17)19/h1-10H2/t17-/m0/s1. The van der Waals surface area contributed by atoms with Crippen LogP contribution in [0.25, 0.3) is 0 Å². The van der Waals surface area contributed by atoms with E-state index >= 15 is 0 Å². The summed E-state index contributed by atoms with van der Waals surface area (Å²) in [4.78, 5) is 24.7. The molecule has 20 heavy (non-hydrogen) atoms. The third-order valence-corrected chi connectivity index (χ3v) is 5.40. The van der Waals surface area contributed by atoms with E-state index in [0.717, 1.165) is 44.1 Å². The third kappa shape index (κ3) is 1.52. The molecule has 1 atom stereocenters. The van der Waals surface area contributed by atoms with Crippen LogP contribution in [0.15, 0.2) is 22.3 Å².